The first-order chi connectivity index (χ1) is 10.7. The fourth-order valence-corrected chi connectivity index (χ4v) is 1.59. The average molecular weight is 334 g/mol. The van der Waals surface area contributed by atoms with Crippen molar-refractivity contribution in [2.45, 2.75) is 12.6 Å². The molecule has 0 aliphatic carbocycles. The summed E-state index contributed by atoms with van der Waals surface area (Å²) in [7, 11) is 1.44. The van der Waals surface area contributed by atoms with Crippen molar-refractivity contribution in [2.75, 3.05) is 26.7 Å². The molecule has 0 atom stereocenters. The second-order valence-electron chi connectivity index (χ2n) is 4.67. The van der Waals surface area contributed by atoms with Crippen molar-refractivity contribution in [3.8, 4) is 5.75 Å². The number of carboxylic acid groups (broad SMARTS) is 1. The minimum absolute atomic E-state index is 0.0141. The van der Waals surface area contributed by atoms with E-state index in [-0.39, 0.29) is 31.9 Å². The number of urea groups is 1. The quantitative estimate of drug-likeness (QED) is 0.749. The number of hydrogen-bond acceptors (Lipinski definition) is 3. The standard InChI is InChI=1S/C14H17F3N2O4/c1-19(7-5-12(20)21)13(22)18-6-8-23-11-4-2-3-10(9-11)14(15,16)17/h2-4,9H,5-8H2,1H3,(H,18,22)(H,20,21). The van der Waals surface area contributed by atoms with Crippen LogP contribution in [0.4, 0.5) is 18.0 Å². The van der Waals surface area contributed by atoms with Crippen molar-refractivity contribution in [3.63, 3.8) is 0 Å². The molecule has 0 aromatic heterocycles. The third-order valence-electron chi connectivity index (χ3n) is 2.82. The van der Waals surface area contributed by atoms with E-state index in [1.54, 1.807) is 0 Å². The molecule has 6 nitrogen and oxygen atoms in total. The highest BCUT2D eigenvalue weighted by molar-refractivity contribution is 5.74. The second kappa shape index (κ2) is 8.25. The van der Waals surface area contributed by atoms with Gasteiger partial charge >= 0.3 is 18.2 Å². The van der Waals surface area contributed by atoms with Gasteiger partial charge in [-0.3, -0.25) is 4.79 Å². The number of carboxylic acids is 1. The number of nitrogens with zero attached hydrogens (tertiary/aromatic N) is 1. The van der Waals surface area contributed by atoms with Gasteiger partial charge in [0.25, 0.3) is 0 Å². The van der Waals surface area contributed by atoms with E-state index in [4.69, 9.17) is 9.84 Å². The van der Waals surface area contributed by atoms with Gasteiger partial charge in [-0.2, -0.15) is 13.2 Å². The number of halogens is 3. The highest BCUT2D eigenvalue weighted by Crippen LogP contribution is 2.31. The third-order valence-corrected chi connectivity index (χ3v) is 2.82. The molecule has 0 spiro atoms. The Morgan fingerprint density at radius 1 is 1.35 bits per heavy atom. The number of ether oxygens (including phenoxy) is 1. The fraction of sp³-hybridized carbons (Fsp3) is 0.429. The molecule has 1 aromatic rings. The topological polar surface area (TPSA) is 78.9 Å². The molecule has 0 saturated heterocycles. The summed E-state index contributed by atoms with van der Waals surface area (Å²) in [6.07, 6.45) is -4.62. The van der Waals surface area contributed by atoms with Crippen LogP contribution in [0.5, 0.6) is 5.75 Å². The molecule has 0 fully saturated rings. The summed E-state index contributed by atoms with van der Waals surface area (Å²) < 4.78 is 42.7. The van der Waals surface area contributed by atoms with Crippen LogP contribution >= 0.6 is 0 Å². The zero-order valence-corrected chi connectivity index (χ0v) is 12.4. The average Bonchev–Trinajstić information content (AvgIpc) is 2.48. The molecule has 0 radical (unpaired) electrons. The Hall–Kier alpha value is -2.45. The first kappa shape index (κ1) is 18.6. The van der Waals surface area contributed by atoms with Crippen molar-refractivity contribution in [1.29, 1.82) is 0 Å². The molecular weight excluding hydrogens is 317 g/mol. The zero-order chi connectivity index (χ0) is 17.5. The molecule has 128 valence electrons. The minimum atomic E-state index is -4.44. The van der Waals surface area contributed by atoms with Gasteiger partial charge in [-0.25, -0.2) is 4.79 Å². The van der Waals surface area contributed by atoms with E-state index in [0.29, 0.717) is 0 Å². The Labute approximate surface area is 130 Å². The van der Waals surface area contributed by atoms with Crippen molar-refractivity contribution < 1.29 is 32.6 Å². The lowest BCUT2D eigenvalue weighted by atomic mass is 10.2. The molecule has 0 aliphatic heterocycles. The lowest BCUT2D eigenvalue weighted by Gasteiger charge is -2.17. The van der Waals surface area contributed by atoms with E-state index < -0.39 is 23.7 Å². The Balaban J connectivity index is 2.35. The smallest absolute Gasteiger partial charge is 0.416 e. The summed E-state index contributed by atoms with van der Waals surface area (Å²) in [4.78, 5) is 23.1. The van der Waals surface area contributed by atoms with E-state index in [9.17, 15) is 22.8 Å². The Bertz CT molecular complexity index is 549. The van der Waals surface area contributed by atoms with Gasteiger partial charge in [0.1, 0.15) is 12.4 Å². The van der Waals surface area contributed by atoms with E-state index in [2.05, 4.69) is 5.32 Å². The predicted octanol–water partition coefficient (Wildman–Crippen LogP) is 2.20. The van der Waals surface area contributed by atoms with Crippen LogP contribution in [0.3, 0.4) is 0 Å². The SMILES string of the molecule is CN(CCC(=O)O)C(=O)NCCOc1cccc(C(F)(F)F)c1. The predicted molar refractivity (Wildman–Crippen MR) is 75.2 cm³/mol. The number of carbonyl (C=O) groups excluding carboxylic acids is 1. The zero-order valence-electron chi connectivity index (χ0n) is 12.4. The van der Waals surface area contributed by atoms with Crippen LogP contribution in [-0.2, 0) is 11.0 Å². The van der Waals surface area contributed by atoms with Gasteiger partial charge in [-0.05, 0) is 18.2 Å². The number of aliphatic carboxylic acids is 1. The van der Waals surface area contributed by atoms with Crippen molar-refractivity contribution in [2.24, 2.45) is 0 Å². The second-order valence-corrected chi connectivity index (χ2v) is 4.67. The van der Waals surface area contributed by atoms with Crippen LogP contribution in [0.1, 0.15) is 12.0 Å². The third kappa shape index (κ3) is 6.90. The molecule has 23 heavy (non-hydrogen) atoms. The molecule has 9 heteroatoms. The summed E-state index contributed by atoms with van der Waals surface area (Å²) in [6.45, 7) is 0.113. The van der Waals surface area contributed by atoms with Crippen LogP contribution in [0, 0.1) is 0 Å². The van der Waals surface area contributed by atoms with Crippen LogP contribution in [0.15, 0.2) is 24.3 Å². The van der Waals surface area contributed by atoms with E-state index >= 15 is 0 Å². The monoisotopic (exact) mass is 334 g/mol. The molecule has 1 rings (SSSR count). The highest BCUT2D eigenvalue weighted by atomic mass is 19.4. The summed E-state index contributed by atoms with van der Waals surface area (Å²) >= 11 is 0. The molecule has 2 amide bonds. The van der Waals surface area contributed by atoms with Crippen molar-refractivity contribution in [3.05, 3.63) is 29.8 Å². The number of nitrogens with one attached hydrogen (secondary N) is 1. The molecule has 0 heterocycles. The minimum Gasteiger partial charge on any atom is -0.492 e. The van der Waals surface area contributed by atoms with E-state index in [1.807, 2.05) is 0 Å². The van der Waals surface area contributed by atoms with Crippen molar-refractivity contribution in [1.82, 2.24) is 10.2 Å². The van der Waals surface area contributed by atoms with Crippen molar-refractivity contribution >= 4 is 12.0 Å². The lowest BCUT2D eigenvalue weighted by Crippen LogP contribution is -2.40. The van der Waals surface area contributed by atoms with E-state index in [0.717, 1.165) is 12.1 Å². The number of carbonyl (C=O) groups is 2. The lowest BCUT2D eigenvalue weighted by molar-refractivity contribution is -0.138. The Morgan fingerprint density at radius 3 is 2.65 bits per heavy atom. The van der Waals surface area contributed by atoms with Gasteiger partial charge in [-0.15, -0.1) is 0 Å². The Morgan fingerprint density at radius 2 is 2.04 bits per heavy atom. The Kier molecular flexibility index (Phi) is 6.67. The maximum atomic E-state index is 12.5. The van der Waals surface area contributed by atoms with Gasteiger partial charge < -0.3 is 20.1 Å². The number of benzene rings is 1. The number of rotatable bonds is 7. The van der Waals surface area contributed by atoms with Crippen LogP contribution in [0.2, 0.25) is 0 Å². The number of hydrogen-bond donors (Lipinski definition) is 2. The molecule has 2 N–H and O–H groups in total. The largest absolute Gasteiger partial charge is 0.492 e. The number of amides is 2. The molecule has 0 unspecified atom stereocenters. The summed E-state index contributed by atoms with van der Waals surface area (Å²) in [5, 5.41) is 11.0. The van der Waals surface area contributed by atoms with Gasteiger partial charge in [0.05, 0.1) is 18.5 Å². The molecule has 1 aromatic carbocycles. The molecule has 0 saturated carbocycles. The first-order valence-electron chi connectivity index (χ1n) is 6.71. The van der Waals surface area contributed by atoms with Gasteiger partial charge in [0.15, 0.2) is 0 Å². The normalized spacial score (nSPS) is 11.0. The maximum absolute atomic E-state index is 12.5. The van der Waals surface area contributed by atoms with E-state index in [1.165, 1.54) is 24.1 Å². The maximum Gasteiger partial charge on any atom is 0.416 e. The van der Waals surface area contributed by atoms with Crippen LogP contribution in [0.25, 0.3) is 0 Å². The van der Waals surface area contributed by atoms with Gasteiger partial charge in [0, 0.05) is 13.6 Å². The highest BCUT2D eigenvalue weighted by Gasteiger charge is 2.30. The first-order valence-corrected chi connectivity index (χ1v) is 6.71. The number of alkyl halides is 3. The molecule has 0 aliphatic rings. The summed E-state index contributed by atoms with van der Waals surface area (Å²) in [5.41, 5.74) is -0.813. The fourth-order valence-electron chi connectivity index (χ4n) is 1.59. The summed E-state index contributed by atoms with van der Waals surface area (Å²) in [6, 6.07) is 3.94. The summed E-state index contributed by atoms with van der Waals surface area (Å²) in [5.74, 6) is -0.967. The van der Waals surface area contributed by atoms with Crippen LogP contribution in [-0.4, -0.2) is 48.8 Å². The van der Waals surface area contributed by atoms with Gasteiger partial charge in [-0.1, -0.05) is 6.07 Å². The van der Waals surface area contributed by atoms with Gasteiger partial charge in [0.2, 0.25) is 0 Å². The molecular formula is C14H17F3N2O4. The molecule has 0 bridgehead atoms. The van der Waals surface area contributed by atoms with Crippen LogP contribution < -0.4 is 10.1 Å².